The lowest BCUT2D eigenvalue weighted by Gasteiger charge is -2.01. The summed E-state index contributed by atoms with van der Waals surface area (Å²) in [6.45, 7) is 1.87. The number of hydrogen-bond donors (Lipinski definition) is 1. The summed E-state index contributed by atoms with van der Waals surface area (Å²) in [5.74, 6) is 0.964. The molecule has 0 saturated carbocycles. The number of anilines is 1. The first-order valence-corrected chi connectivity index (χ1v) is 5.64. The standard InChI is InChI=1S/C13H13N5O/c1-10-9-18(13(15)17-10)16-8-11-3-2-4-12(7-11)19-6-5-14/h2-4,7-9H,6H2,1H3,(H2,15,17). The molecule has 6 nitrogen and oxygen atoms in total. The van der Waals surface area contributed by atoms with Crippen LogP contribution in [0.1, 0.15) is 11.3 Å². The first-order chi connectivity index (χ1) is 9.19. The summed E-state index contributed by atoms with van der Waals surface area (Å²) >= 11 is 0. The fraction of sp³-hybridized carbons (Fsp3) is 0.154. The van der Waals surface area contributed by atoms with Crippen molar-refractivity contribution in [1.29, 1.82) is 5.26 Å². The summed E-state index contributed by atoms with van der Waals surface area (Å²) in [7, 11) is 0. The van der Waals surface area contributed by atoms with Crippen LogP contribution in [-0.2, 0) is 0 Å². The molecule has 0 unspecified atom stereocenters. The zero-order valence-corrected chi connectivity index (χ0v) is 10.4. The van der Waals surface area contributed by atoms with Crippen molar-refractivity contribution in [1.82, 2.24) is 9.66 Å². The van der Waals surface area contributed by atoms with Crippen LogP contribution >= 0.6 is 0 Å². The lowest BCUT2D eigenvalue weighted by atomic mass is 10.2. The van der Waals surface area contributed by atoms with E-state index in [1.807, 2.05) is 25.1 Å². The van der Waals surface area contributed by atoms with Crippen LogP contribution in [0.25, 0.3) is 0 Å². The minimum atomic E-state index is 0.0221. The highest BCUT2D eigenvalue weighted by atomic mass is 16.5. The average Bonchev–Trinajstić information content (AvgIpc) is 2.73. The minimum Gasteiger partial charge on any atom is -0.479 e. The third-order valence-electron chi connectivity index (χ3n) is 2.33. The SMILES string of the molecule is Cc1cn(N=Cc2cccc(OCC#N)c2)c(N)n1. The average molecular weight is 255 g/mol. The second-order valence-corrected chi connectivity index (χ2v) is 3.85. The van der Waals surface area contributed by atoms with Crippen molar-refractivity contribution in [2.45, 2.75) is 6.92 Å². The number of nitrogens with zero attached hydrogens (tertiary/aromatic N) is 4. The number of aryl methyl sites for hydroxylation is 1. The monoisotopic (exact) mass is 255 g/mol. The van der Waals surface area contributed by atoms with Crippen LogP contribution in [0.15, 0.2) is 35.6 Å². The molecule has 1 aromatic carbocycles. The molecule has 0 radical (unpaired) electrons. The first-order valence-electron chi connectivity index (χ1n) is 5.64. The van der Waals surface area contributed by atoms with Gasteiger partial charge < -0.3 is 10.5 Å². The molecule has 0 bridgehead atoms. The van der Waals surface area contributed by atoms with Crippen molar-refractivity contribution < 1.29 is 4.74 Å². The van der Waals surface area contributed by atoms with Crippen molar-refractivity contribution in [2.75, 3.05) is 12.3 Å². The molecule has 0 fully saturated rings. The molecule has 1 heterocycles. The van der Waals surface area contributed by atoms with Crippen LogP contribution < -0.4 is 10.5 Å². The van der Waals surface area contributed by atoms with Gasteiger partial charge in [-0.05, 0) is 24.6 Å². The van der Waals surface area contributed by atoms with E-state index in [4.69, 9.17) is 15.7 Å². The Morgan fingerprint density at radius 3 is 3.11 bits per heavy atom. The molecule has 0 aliphatic rings. The van der Waals surface area contributed by atoms with Gasteiger partial charge in [0.1, 0.15) is 11.8 Å². The van der Waals surface area contributed by atoms with Gasteiger partial charge in [-0.15, -0.1) is 0 Å². The van der Waals surface area contributed by atoms with Crippen LogP contribution in [0.3, 0.4) is 0 Å². The number of nitriles is 1. The van der Waals surface area contributed by atoms with Gasteiger partial charge in [-0.2, -0.15) is 10.4 Å². The van der Waals surface area contributed by atoms with Gasteiger partial charge in [0.15, 0.2) is 6.61 Å². The molecule has 0 spiro atoms. The molecular weight excluding hydrogens is 242 g/mol. The topological polar surface area (TPSA) is 89.2 Å². The highest BCUT2D eigenvalue weighted by Gasteiger charge is 1.99. The van der Waals surface area contributed by atoms with Gasteiger partial charge in [-0.25, -0.2) is 9.66 Å². The van der Waals surface area contributed by atoms with Gasteiger partial charge in [0.2, 0.25) is 5.95 Å². The summed E-state index contributed by atoms with van der Waals surface area (Å²) in [6.07, 6.45) is 3.39. The van der Waals surface area contributed by atoms with Gasteiger partial charge in [-0.1, -0.05) is 12.1 Å². The van der Waals surface area contributed by atoms with Gasteiger partial charge in [0, 0.05) is 0 Å². The second-order valence-electron chi connectivity index (χ2n) is 3.85. The van der Waals surface area contributed by atoms with E-state index in [9.17, 15) is 0 Å². The normalized spacial score (nSPS) is 10.5. The Bertz CT molecular complexity index is 639. The summed E-state index contributed by atoms with van der Waals surface area (Å²) in [6, 6.07) is 9.20. The largest absolute Gasteiger partial charge is 0.479 e. The minimum absolute atomic E-state index is 0.0221. The number of nitrogens with two attached hydrogens (primary N) is 1. The molecule has 96 valence electrons. The molecule has 2 aromatic rings. The molecule has 0 amide bonds. The van der Waals surface area contributed by atoms with Crippen molar-refractivity contribution >= 4 is 12.2 Å². The van der Waals surface area contributed by atoms with E-state index in [1.54, 1.807) is 24.5 Å². The Morgan fingerprint density at radius 1 is 1.58 bits per heavy atom. The highest BCUT2D eigenvalue weighted by molar-refractivity contribution is 5.80. The Balaban J connectivity index is 2.15. The molecule has 0 aliphatic heterocycles. The summed E-state index contributed by atoms with van der Waals surface area (Å²) in [5, 5.41) is 12.7. The number of nitrogen functional groups attached to an aromatic ring is 1. The highest BCUT2D eigenvalue weighted by Crippen LogP contribution is 2.12. The van der Waals surface area contributed by atoms with Crippen molar-refractivity contribution in [3.8, 4) is 11.8 Å². The van der Waals surface area contributed by atoms with E-state index in [0.29, 0.717) is 11.7 Å². The fourth-order valence-electron chi connectivity index (χ4n) is 1.53. The number of rotatable bonds is 4. The number of benzene rings is 1. The van der Waals surface area contributed by atoms with Gasteiger partial charge >= 0.3 is 0 Å². The van der Waals surface area contributed by atoms with Crippen LogP contribution in [0, 0.1) is 18.3 Å². The molecule has 1 aromatic heterocycles. The van der Waals surface area contributed by atoms with E-state index >= 15 is 0 Å². The lowest BCUT2D eigenvalue weighted by Crippen LogP contribution is -1.97. The maximum absolute atomic E-state index is 8.46. The summed E-state index contributed by atoms with van der Waals surface area (Å²) in [4.78, 5) is 4.05. The van der Waals surface area contributed by atoms with Crippen LogP contribution in [0.2, 0.25) is 0 Å². The maximum Gasteiger partial charge on any atom is 0.221 e. The Labute approximate surface area is 110 Å². The van der Waals surface area contributed by atoms with Crippen molar-refractivity contribution in [3.63, 3.8) is 0 Å². The lowest BCUT2D eigenvalue weighted by molar-refractivity contribution is 0.368. The molecule has 0 aliphatic carbocycles. The van der Waals surface area contributed by atoms with Crippen molar-refractivity contribution in [2.24, 2.45) is 5.10 Å². The zero-order valence-electron chi connectivity index (χ0n) is 10.4. The zero-order chi connectivity index (χ0) is 13.7. The molecule has 0 atom stereocenters. The first kappa shape index (κ1) is 12.6. The van der Waals surface area contributed by atoms with Crippen LogP contribution in [0.4, 0.5) is 5.95 Å². The number of ether oxygens (including phenoxy) is 1. The van der Waals surface area contributed by atoms with Crippen molar-refractivity contribution in [3.05, 3.63) is 41.7 Å². The van der Waals surface area contributed by atoms with Gasteiger partial charge in [0.25, 0.3) is 0 Å². The molecule has 0 saturated heterocycles. The third-order valence-corrected chi connectivity index (χ3v) is 2.33. The van der Waals surface area contributed by atoms with E-state index in [2.05, 4.69) is 10.1 Å². The summed E-state index contributed by atoms with van der Waals surface area (Å²) < 4.78 is 6.71. The maximum atomic E-state index is 8.46. The van der Waals surface area contributed by atoms with E-state index in [1.165, 1.54) is 4.68 Å². The summed E-state index contributed by atoms with van der Waals surface area (Å²) in [5.41, 5.74) is 7.33. The van der Waals surface area contributed by atoms with Crippen LogP contribution in [-0.4, -0.2) is 22.5 Å². The Morgan fingerprint density at radius 2 is 2.42 bits per heavy atom. The van der Waals surface area contributed by atoms with Gasteiger partial charge in [-0.3, -0.25) is 0 Å². The van der Waals surface area contributed by atoms with E-state index in [0.717, 1.165) is 11.3 Å². The number of hydrogen-bond acceptors (Lipinski definition) is 5. The molecule has 6 heteroatoms. The van der Waals surface area contributed by atoms with E-state index < -0.39 is 0 Å². The predicted molar refractivity (Wildman–Crippen MR) is 71.9 cm³/mol. The molecule has 19 heavy (non-hydrogen) atoms. The molecular formula is C13H13N5O. The third kappa shape index (κ3) is 3.33. The Hall–Kier alpha value is -2.81. The number of imidazole rings is 1. The van der Waals surface area contributed by atoms with E-state index in [-0.39, 0.29) is 6.61 Å². The quantitative estimate of drug-likeness (QED) is 0.839. The van der Waals surface area contributed by atoms with Gasteiger partial charge in [0.05, 0.1) is 18.1 Å². The van der Waals surface area contributed by atoms with Crippen LogP contribution in [0.5, 0.6) is 5.75 Å². The smallest absolute Gasteiger partial charge is 0.221 e. The molecule has 2 N–H and O–H groups in total. The molecule has 2 rings (SSSR count). The predicted octanol–water partition coefficient (Wildman–Crippen LogP) is 1.56. The fourth-order valence-corrected chi connectivity index (χ4v) is 1.53. The number of aromatic nitrogens is 2. The Kier molecular flexibility index (Phi) is 3.78. The second kappa shape index (κ2) is 5.69.